The van der Waals surface area contributed by atoms with Crippen molar-refractivity contribution < 1.29 is 9.15 Å². The van der Waals surface area contributed by atoms with Gasteiger partial charge in [-0.05, 0) is 44.2 Å². The van der Waals surface area contributed by atoms with Crippen LogP contribution in [0.2, 0.25) is 0 Å². The summed E-state index contributed by atoms with van der Waals surface area (Å²) in [4.78, 5) is 18.1. The number of nitrogens with zero attached hydrogens (tertiary/aromatic N) is 4. The van der Waals surface area contributed by atoms with Gasteiger partial charge in [0.05, 0.1) is 6.61 Å². The van der Waals surface area contributed by atoms with Crippen LogP contribution in [0, 0.1) is 13.8 Å². The van der Waals surface area contributed by atoms with Crippen LogP contribution in [-0.2, 0) is 0 Å². The van der Waals surface area contributed by atoms with Crippen LogP contribution in [0.25, 0.3) is 22.7 Å². The van der Waals surface area contributed by atoms with Crippen molar-refractivity contribution in [3.63, 3.8) is 0 Å². The second-order valence-electron chi connectivity index (χ2n) is 6.06. The molecule has 0 atom stereocenters. The highest BCUT2D eigenvalue weighted by Crippen LogP contribution is 2.33. The summed E-state index contributed by atoms with van der Waals surface area (Å²) in [6.07, 6.45) is 0.877. The van der Waals surface area contributed by atoms with Gasteiger partial charge in [-0.25, -0.2) is 9.97 Å². The van der Waals surface area contributed by atoms with Crippen molar-refractivity contribution in [2.24, 2.45) is 0 Å². The third-order valence-electron chi connectivity index (χ3n) is 3.69. The number of hydrogen-bond donors (Lipinski definition) is 0. The first-order chi connectivity index (χ1) is 13.1. The average Bonchev–Trinajstić information content (AvgIpc) is 3.26. The fourth-order valence-corrected chi connectivity index (χ4v) is 4.17. The Hall–Kier alpha value is -2.45. The van der Waals surface area contributed by atoms with E-state index >= 15 is 0 Å². The van der Waals surface area contributed by atoms with Crippen molar-refractivity contribution in [3.05, 3.63) is 40.9 Å². The number of hydrogen-bond acceptors (Lipinski definition) is 8. The van der Waals surface area contributed by atoms with Crippen LogP contribution in [0.15, 0.2) is 43.6 Å². The van der Waals surface area contributed by atoms with Crippen molar-refractivity contribution in [2.45, 2.75) is 36.7 Å². The zero-order valence-corrected chi connectivity index (χ0v) is 16.9. The molecule has 0 N–H and O–H groups in total. The molecule has 8 heteroatoms. The van der Waals surface area contributed by atoms with Gasteiger partial charge in [0, 0.05) is 16.6 Å². The standard InChI is InChI=1S/C19H18N4O2S2/c1-4-8-24-16-14-17(23-18(22-16)27-19-20-12(3)10-26-19)25-15(21-14)13-7-5-6-11(2)9-13/h5-7,9-10H,4,8H2,1-3H3. The molecule has 0 unspecified atom stereocenters. The number of thiazole rings is 1. The van der Waals surface area contributed by atoms with Gasteiger partial charge in [-0.1, -0.05) is 24.6 Å². The summed E-state index contributed by atoms with van der Waals surface area (Å²) in [5, 5.41) is 2.54. The van der Waals surface area contributed by atoms with Gasteiger partial charge >= 0.3 is 0 Å². The maximum absolute atomic E-state index is 5.94. The first-order valence-electron chi connectivity index (χ1n) is 8.61. The van der Waals surface area contributed by atoms with Gasteiger partial charge in [-0.15, -0.1) is 11.3 Å². The van der Waals surface area contributed by atoms with Gasteiger partial charge in [0.15, 0.2) is 9.86 Å². The lowest BCUT2D eigenvalue weighted by molar-refractivity contribution is 0.305. The van der Waals surface area contributed by atoms with Crippen LogP contribution in [0.1, 0.15) is 24.6 Å². The van der Waals surface area contributed by atoms with Gasteiger partial charge in [0.1, 0.15) is 0 Å². The van der Waals surface area contributed by atoms with Crippen LogP contribution in [0.3, 0.4) is 0 Å². The molecule has 27 heavy (non-hydrogen) atoms. The monoisotopic (exact) mass is 398 g/mol. The summed E-state index contributed by atoms with van der Waals surface area (Å²) in [5.41, 5.74) is 3.98. The van der Waals surface area contributed by atoms with Crippen molar-refractivity contribution >= 4 is 34.3 Å². The fourth-order valence-electron chi connectivity index (χ4n) is 2.48. The van der Waals surface area contributed by atoms with Crippen molar-refractivity contribution in [2.75, 3.05) is 6.61 Å². The highest BCUT2D eigenvalue weighted by molar-refractivity contribution is 8.00. The lowest BCUT2D eigenvalue weighted by atomic mass is 10.1. The molecule has 138 valence electrons. The Kier molecular flexibility index (Phi) is 5.09. The van der Waals surface area contributed by atoms with E-state index in [9.17, 15) is 0 Å². The van der Waals surface area contributed by atoms with Gasteiger partial charge in [0.2, 0.25) is 16.9 Å². The van der Waals surface area contributed by atoms with Crippen LogP contribution in [-0.4, -0.2) is 26.5 Å². The molecule has 3 heterocycles. The first kappa shape index (κ1) is 17.9. The molecule has 0 spiro atoms. The molecule has 0 saturated heterocycles. The molecule has 0 amide bonds. The number of aromatic nitrogens is 4. The predicted octanol–water partition coefficient (Wildman–Crippen LogP) is 5.30. The molecule has 3 aromatic heterocycles. The Morgan fingerprint density at radius 2 is 2.04 bits per heavy atom. The van der Waals surface area contributed by atoms with E-state index in [4.69, 9.17) is 9.15 Å². The largest absolute Gasteiger partial charge is 0.476 e. The summed E-state index contributed by atoms with van der Waals surface area (Å²) in [5.74, 6) is 0.955. The fraction of sp³-hybridized carbons (Fsp3) is 0.263. The van der Waals surface area contributed by atoms with Gasteiger partial charge < -0.3 is 9.15 Å². The van der Waals surface area contributed by atoms with Crippen molar-refractivity contribution in [1.29, 1.82) is 0 Å². The third-order valence-corrected chi connectivity index (χ3v) is 5.61. The lowest BCUT2D eigenvalue weighted by Gasteiger charge is -2.04. The smallest absolute Gasteiger partial charge is 0.255 e. The van der Waals surface area contributed by atoms with E-state index in [-0.39, 0.29) is 0 Å². The van der Waals surface area contributed by atoms with Crippen molar-refractivity contribution in [3.8, 4) is 17.3 Å². The van der Waals surface area contributed by atoms with Gasteiger partial charge in [-0.2, -0.15) is 9.97 Å². The maximum atomic E-state index is 5.94. The predicted molar refractivity (Wildman–Crippen MR) is 107 cm³/mol. The molecule has 0 bridgehead atoms. The summed E-state index contributed by atoms with van der Waals surface area (Å²) < 4.78 is 12.6. The Labute approximate surface area is 165 Å². The molecule has 6 nitrogen and oxygen atoms in total. The zero-order chi connectivity index (χ0) is 18.8. The SMILES string of the molecule is CCCOc1nc(Sc2nc(C)cs2)nc2oc(-c3cccc(C)c3)nc12. The van der Waals surface area contributed by atoms with Crippen LogP contribution in [0.5, 0.6) is 5.88 Å². The highest BCUT2D eigenvalue weighted by atomic mass is 32.2. The Balaban J connectivity index is 1.77. The minimum atomic E-state index is 0.420. The molecule has 0 aliphatic carbocycles. The van der Waals surface area contributed by atoms with Crippen LogP contribution < -0.4 is 4.74 Å². The van der Waals surface area contributed by atoms with Crippen molar-refractivity contribution in [1.82, 2.24) is 19.9 Å². The normalized spacial score (nSPS) is 11.2. The Morgan fingerprint density at radius 3 is 2.78 bits per heavy atom. The Bertz CT molecular complexity index is 1090. The minimum absolute atomic E-state index is 0.420. The number of aryl methyl sites for hydroxylation is 2. The first-order valence-corrected chi connectivity index (χ1v) is 10.3. The van der Waals surface area contributed by atoms with Crippen LogP contribution in [0.4, 0.5) is 0 Å². The molecule has 4 rings (SSSR count). The molecule has 0 radical (unpaired) electrons. The summed E-state index contributed by atoms with van der Waals surface area (Å²) >= 11 is 2.96. The molecular formula is C19H18N4O2S2. The molecule has 4 aromatic rings. The Morgan fingerprint density at radius 1 is 1.15 bits per heavy atom. The lowest BCUT2D eigenvalue weighted by Crippen LogP contribution is -2.00. The number of benzene rings is 1. The van der Waals surface area contributed by atoms with E-state index in [0.29, 0.717) is 34.8 Å². The average molecular weight is 399 g/mol. The number of rotatable bonds is 6. The summed E-state index contributed by atoms with van der Waals surface area (Å²) in [7, 11) is 0. The number of oxazole rings is 1. The summed E-state index contributed by atoms with van der Waals surface area (Å²) in [6.45, 7) is 6.60. The quantitative estimate of drug-likeness (QED) is 0.408. The second kappa shape index (κ2) is 7.66. The maximum Gasteiger partial charge on any atom is 0.255 e. The molecular weight excluding hydrogens is 380 g/mol. The topological polar surface area (TPSA) is 73.9 Å². The minimum Gasteiger partial charge on any atom is -0.476 e. The van der Waals surface area contributed by atoms with Gasteiger partial charge in [-0.3, -0.25) is 0 Å². The summed E-state index contributed by atoms with van der Waals surface area (Å²) in [6, 6.07) is 8.00. The highest BCUT2D eigenvalue weighted by Gasteiger charge is 2.18. The van der Waals surface area contributed by atoms with E-state index in [2.05, 4.69) is 19.9 Å². The number of fused-ring (bicyclic) bond motifs is 1. The molecule has 0 fully saturated rings. The van der Waals surface area contributed by atoms with Gasteiger partial charge in [0.25, 0.3) is 5.71 Å². The van der Waals surface area contributed by atoms with E-state index in [1.165, 1.54) is 11.8 Å². The second-order valence-corrected chi connectivity index (χ2v) is 8.13. The number of ether oxygens (including phenoxy) is 1. The molecule has 1 aromatic carbocycles. The molecule has 0 saturated carbocycles. The van der Waals surface area contributed by atoms with Crippen LogP contribution >= 0.6 is 23.1 Å². The zero-order valence-electron chi connectivity index (χ0n) is 15.2. The van der Waals surface area contributed by atoms with E-state index in [1.54, 1.807) is 11.3 Å². The van der Waals surface area contributed by atoms with E-state index in [0.717, 1.165) is 27.6 Å². The third kappa shape index (κ3) is 3.96. The van der Waals surface area contributed by atoms with E-state index in [1.807, 2.05) is 50.4 Å². The molecule has 0 aliphatic heterocycles. The molecule has 0 aliphatic rings. The van der Waals surface area contributed by atoms with E-state index < -0.39 is 0 Å².